The Kier molecular flexibility index (Phi) is 3.00. The third-order valence-electron chi connectivity index (χ3n) is 3.68. The lowest BCUT2D eigenvalue weighted by molar-refractivity contribution is 1.10. The molecule has 0 radical (unpaired) electrons. The number of benzene rings is 2. The van der Waals surface area contributed by atoms with Crippen molar-refractivity contribution in [2.45, 2.75) is 40.5 Å². The van der Waals surface area contributed by atoms with E-state index in [0.717, 1.165) is 12.8 Å². The molecule has 0 nitrogen and oxygen atoms in total. The van der Waals surface area contributed by atoms with Crippen molar-refractivity contribution in [1.82, 2.24) is 0 Å². The highest BCUT2D eigenvalue weighted by Crippen LogP contribution is 2.26. The number of hydrogen-bond donors (Lipinski definition) is 0. The van der Waals surface area contributed by atoms with Crippen LogP contribution in [0.1, 0.15) is 36.1 Å². The van der Waals surface area contributed by atoms with E-state index in [9.17, 15) is 0 Å². The highest BCUT2D eigenvalue weighted by Gasteiger charge is 2.05. The number of hydrogen-bond acceptors (Lipinski definition) is 0. The molecular formula is C16H20. The molecule has 2 rings (SSSR count). The van der Waals surface area contributed by atoms with Crippen LogP contribution < -0.4 is 0 Å². The van der Waals surface area contributed by atoms with Gasteiger partial charge in [-0.15, -0.1) is 0 Å². The van der Waals surface area contributed by atoms with E-state index in [1.165, 1.54) is 33.0 Å². The Bertz CT molecular complexity index is 521. The van der Waals surface area contributed by atoms with E-state index in [4.69, 9.17) is 0 Å². The summed E-state index contributed by atoms with van der Waals surface area (Å²) in [6.07, 6.45) is 2.24. The summed E-state index contributed by atoms with van der Waals surface area (Å²) in [5.74, 6) is 0. The van der Waals surface area contributed by atoms with Gasteiger partial charge in [0, 0.05) is 0 Å². The fraction of sp³-hybridized carbons (Fsp3) is 0.375. The Balaban J connectivity index is 2.76. The maximum absolute atomic E-state index is 2.36. The first kappa shape index (κ1) is 11.2. The van der Waals surface area contributed by atoms with Crippen molar-refractivity contribution in [3.8, 4) is 0 Å². The van der Waals surface area contributed by atoms with Gasteiger partial charge in [-0.05, 0) is 59.7 Å². The van der Waals surface area contributed by atoms with Crippen LogP contribution in [0.25, 0.3) is 10.8 Å². The second-order valence-corrected chi connectivity index (χ2v) is 4.55. The minimum Gasteiger partial charge on any atom is -0.0613 e. The van der Waals surface area contributed by atoms with Gasteiger partial charge in [-0.25, -0.2) is 0 Å². The van der Waals surface area contributed by atoms with Crippen LogP contribution in [0.4, 0.5) is 0 Å². The SMILES string of the molecule is CCc1ccc2c(C)c(C)c(CC)cc2c1. The van der Waals surface area contributed by atoms with Gasteiger partial charge in [0.1, 0.15) is 0 Å². The van der Waals surface area contributed by atoms with Crippen molar-refractivity contribution in [3.63, 3.8) is 0 Å². The lowest BCUT2D eigenvalue weighted by Crippen LogP contribution is -1.93. The monoisotopic (exact) mass is 212 g/mol. The number of rotatable bonds is 2. The summed E-state index contributed by atoms with van der Waals surface area (Å²) in [7, 11) is 0. The average Bonchev–Trinajstić information content (AvgIpc) is 2.33. The standard InChI is InChI=1S/C16H20/c1-5-13-7-8-16-12(4)11(3)14(6-2)10-15(16)9-13/h7-10H,5-6H2,1-4H3. The van der Waals surface area contributed by atoms with E-state index < -0.39 is 0 Å². The van der Waals surface area contributed by atoms with Crippen molar-refractivity contribution < 1.29 is 0 Å². The van der Waals surface area contributed by atoms with Gasteiger partial charge in [0.15, 0.2) is 0 Å². The van der Waals surface area contributed by atoms with Crippen LogP contribution in [0.15, 0.2) is 24.3 Å². The lowest BCUT2D eigenvalue weighted by Gasteiger charge is -2.12. The van der Waals surface area contributed by atoms with Gasteiger partial charge < -0.3 is 0 Å². The minimum atomic E-state index is 1.12. The molecule has 0 unspecified atom stereocenters. The zero-order valence-electron chi connectivity index (χ0n) is 10.7. The van der Waals surface area contributed by atoms with Crippen molar-refractivity contribution in [3.05, 3.63) is 46.5 Å². The number of fused-ring (bicyclic) bond motifs is 1. The summed E-state index contributed by atoms with van der Waals surface area (Å²) < 4.78 is 0. The average molecular weight is 212 g/mol. The first-order valence-electron chi connectivity index (χ1n) is 6.19. The van der Waals surface area contributed by atoms with Crippen LogP contribution in [-0.4, -0.2) is 0 Å². The lowest BCUT2D eigenvalue weighted by atomic mass is 9.93. The fourth-order valence-corrected chi connectivity index (χ4v) is 2.40. The van der Waals surface area contributed by atoms with Crippen molar-refractivity contribution in [1.29, 1.82) is 0 Å². The second kappa shape index (κ2) is 4.29. The van der Waals surface area contributed by atoms with Gasteiger partial charge in [0.05, 0.1) is 0 Å². The quantitative estimate of drug-likeness (QED) is 0.683. The summed E-state index contributed by atoms with van der Waals surface area (Å²) in [4.78, 5) is 0. The van der Waals surface area contributed by atoms with E-state index in [-0.39, 0.29) is 0 Å². The first-order chi connectivity index (χ1) is 7.67. The van der Waals surface area contributed by atoms with Crippen molar-refractivity contribution >= 4 is 10.8 Å². The first-order valence-corrected chi connectivity index (χ1v) is 6.19. The van der Waals surface area contributed by atoms with E-state index in [2.05, 4.69) is 52.0 Å². The predicted octanol–water partition coefficient (Wildman–Crippen LogP) is 4.58. The topological polar surface area (TPSA) is 0 Å². The maximum atomic E-state index is 2.36. The molecule has 2 aromatic rings. The summed E-state index contributed by atoms with van der Waals surface area (Å²) in [5, 5.41) is 2.81. The third-order valence-corrected chi connectivity index (χ3v) is 3.68. The third kappa shape index (κ3) is 1.73. The van der Waals surface area contributed by atoms with Gasteiger partial charge in [-0.2, -0.15) is 0 Å². The molecule has 0 amide bonds. The molecule has 0 spiro atoms. The van der Waals surface area contributed by atoms with Gasteiger partial charge >= 0.3 is 0 Å². The normalized spacial score (nSPS) is 11.0. The molecule has 0 fully saturated rings. The highest BCUT2D eigenvalue weighted by atomic mass is 14.1. The van der Waals surface area contributed by atoms with Gasteiger partial charge in [-0.1, -0.05) is 38.1 Å². The molecule has 0 saturated carbocycles. The Morgan fingerprint density at radius 3 is 2.25 bits per heavy atom. The van der Waals surface area contributed by atoms with E-state index >= 15 is 0 Å². The summed E-state index contributed by atoms with van der Waals surface area (Å²) in [6.45, 7) is 8.92. The van der Waals surface area contributed by atoms with Crippen molar-refractivity contribution in [2.75, 3.05) is 0 Å². The van der Waals surface area contributed by atoms with Crippen LogP contribution in [-0.2, 0) is 12.8 Å². The Morgan fingerprint density at radius 1 is 0.875 bits per heavy atom. The van der Waals surface area contributed by atoms with Crippen LogP contribution in [0.2, 0.25) is 0 Å². The van der Waals surface area contributed by atoms with Crippen molar-refractivity contribution in [2.24, 2.45) is 0 Å². The predicted molar refractivity (Wildman–Crippen MR) is 72.2 cm³/mol. The van der Waals surface area contributed by atoms with E-state index in [1.54, 1.807) is 0 Å². The maximum Gasteiger partial charge on any atom is -0.0152 e. The summed E-state index contributed by atoms with van der Waals surface area (Å²) >= 11 is 0. The van der Waals surface area contributed by atoms with Crippen LogP contribution in [0.5, 0.6) is 0 Å². The van der Waals surface area contributed by atoms with Gasteiger partial charge in [-0.3, -0.25) is 0 Å². The van der Waals surface area contributed by atoms with Gasteiger partial charge in [0.25, 0.3) is 0 Å². The molecule has 0 aliphatic heterocycles. The molecule has 0 N–H and O–H groups in total. The smallest absolute Gasteiger partial charge is 0.0152 e. The van der Waals surface area contributed by atoms with Crippen LogP contribution in [0, 0.1) is 13.8 Å². The Morgan fingerprint density at radius 2 is 1.62 bits per heavy atom. The van der Waals surface area contributed by atoms with E-state index in [1.807, 2.05) is 0 Å². The molecule has 0 aliphatic carbocycles. The summed E-state index contributed by atoms with van der Waals surface area (Å²) in [6, 6.07) is 9.22. The second-order valence-electron chi connectivity index (χ2n) is 4.55. The number of aryl methyl sites for hydroxylation is 3. The summed E-state index contributed by atoms with van der Waals surface area (Å²) in [5.41, 5.74) is 5.81. The van der Waals surface area contributed by atoms with Gasteiger partial charge in [0.2, 0.25) is 0 Å². The molecule has 0 heterocycles. The molecule has 16 heavy (non-hydrogen) atoms. The molecular weight excluding hydrogens is 192 g/mol. The minimum absolute atomic E-state index is 1.12. The fourth-order valence-electron chi connectivity index (χ4n) is 2.40. The van der Waals surface area contributed by atoms with Crippen LogP contribution in [0.3, 0.4) is 0 Å². The zero-order chi connectivity index (χ0) is 11.7. The zero-order valence-corrected chi connectivity index (χ0v) is 10.7. The Hall–Kier alpha value is -1.30. The molecule has 0 aromatic heterocycles. The molecule has 0 saturated heterocycles. The Labute approximate surface area is 98.3 Å². The largest absolute Gasteiger partial charge is 0.0613 e. The molecule has 0 heteroatoms. The van der Waals surface area contributed by atoms with E-state index in [0.29, 0.717) is 0 Å². The molecule has 0 bridgehead atoms. The highest BCUT2D eigenvalue weighted by molar-refractivity contribution is 5.88. The van der Waals surface area contributed by atoms with Crippen LogP contribution >= 0.6 is 0 Å². The molecule has 0 atom stereocenters. The molecule has 0 aliphatic rings. The molecule has 84 valence electrons. The molecule has 2 aromatic carbocycles.